The SMILES string of the molecule is Cc1cc(C)nc(N2CCC(N(Cc3cccnc3)C(=O)c3cccc(C#N)c3)CC2)n1. The fraction of sp³-hybridized carbons (Fsp3) is 0.320. The number of rotatable bonds is 5. The van der Waals surface area contributed by atoms with E-state index in [4.69, 9.17) is 0 Å². The fourth-order valence-electron chi connectivity index (χ4n) is 4.17. The molecule has 1 saturated heterocycles. The topological polar surface area (TPSA) is 86.0 Å². The number of carbonyl (C=O) groups is 1. The van der Waals surface area contributed by atoms with Gasteiger partial charge in [-0.05, 0) is 62.6 Å². The van der Waals surface area contributed by atoms with Crippen molar-refractivity contribution in [2.24, 2.45) is 0 Å². The molecule has 0 aliphatic carbocycles. The lowest BCUT2D eigenvalue weighted by atomic mass is 10.0. The molecule has 1 aliphatic rings. The van der Waals surface area contributed by atoms with Crippen LogP contribution in [0.4, 0.5) is 5.95 Å². The van der Waals surface area contributed by atoms with E-state index in [1.807, 2.05) is 36.9 Å². The minimum Gasteiger partial charge on any atom is -0.341 e. The molecule has 0 unspecified atom stereocenters. The first-order chi connectivity index (χ1) is 15.5. The quantitative estimate of drug-likeness (QED) is 0.619. The number of anilines is 1. The summed E-state index contributed by atoms with van der Waals surface area (Å²) in [6.07, 6.45) is 5.17. The van der Waals surface area contributed by atoms with E-state index in [2.05, 4.69) is 25.9 Å². The Kier molecular flexibility index (Phi) is 6.41. The van der Waals surface area contributed by atoms with Gasteiger partial charge >= 0.3 is 0 Å². The summed E-state index contributed by atoms with van der Waals surface area (Å²) in [5.41, 5.74) is 3.92. The average Bonchev–Trinajstić information content (AvgIpc) is 2.82. The van der Waals surface area contributed by atoms with E-state index in [1.165, 1.54) is 0 Å². The highest BCUT2D eigenvalue weighted by atomic mass is 16.2. The predicted molar refractivity (Wildman–Crippen MR) is 122 cm³/mol. The maximum Gasteiger partial charge on any atom is 0.254 e. The van der Waals surface area contributed by atoms with Gasteiger partial charge in [0.1, 0.15) is 0 Å². The number of pyridine rings is 1. The molecule has 3 heterocycles. The van der Waals surface area contributed by atoms with Crippen LogP contribution in [0.25, 0.3) is 0 Å². The van der Waals surface area contributed by atoms with E-state index in [9.17, 15) is 10.1 Å². The van der Waals surface area contributed by atoms with Crippen LogP contribution in [0.3, 0.4) is 0 Å². The Balaban J connectivity index is 1.55. The maximum atomic E-state index is 13.5. The van der Waals surface area contributed by atoms with Gasteiger partial charge in [0.05, 0.1) is 11.6 Å². The highest BCUT2D eigenvalue weighted by molar-refractivity contribution is 5.94. The number of benzene rings is 1. The number of piperidine rings is 1. The molecule has 0 radical (unpaired) electrons. The van der Waals surface area contributed by atoms with Gasteiger partial charge in [0, 0.05) is 55.0 Å². The van der Waals surface area contributed by atoms with Crippen LogP contribution in [0.5, 0.6) is 0 Å². The van der Waals surface area contributed by atoms with Crippen molar-refractivity contribution < 1.29 is 4.79 Å². The Labute approximate surface area is 188 Å². The van der Waals surface area contributed by atoms with Crippen LogP contribution in [-0.2, 0) is 6.54 Å². The van der Waals surface area contributed by atoms with Crippen LogP contribution in [0, 0.1) is 25.2 Å². The zero-order valence-corrected chi connectivity index (χ0v) is 18.4. The molecule has 7 nitrogen and oxygen atoms in total. The van der Waals surface area contributed by atoms with Crippen LogP contribution in [0.2, 0.25) is 0 Å². The largest absolute Gasteiger partial charge is 0.341 e. The summed E-state index contributed by atoms with van der Waals surface area (Å²) in [7, 11) is 0. The number of carbonyl (C=O) groups excluding carboxylic acids is 1. The Hall–Kier alpha value is -3.79. The smallest absolute Gasteiger partial charge is 0.254 e. The van der Waals surface area contributed by atoms with Gasteiger partial charge in [0.15, 0.2) is 0 Å². The van der Waals surface area contributed by atoms with E-state index in [-0.39, 0.29) is 11.9 Å². The van der Waals surface area contributed by atoms with Crippen molar-refractivity contribution in [1.29, 1.82) is 5.26 Å². The van der Waals surface area contributed by atoms with E-state index in [0.29, 0.717) is 17.7 Å². The first-order valence-corrected chi connectivity index (χ1v) is 10.8. The van der Waals surface area contributed by atoms with E-state index in [0.717, 1.165) is 48.8 Å². The molecule has 0 saturated carbocycles. The zero-order valence-electron chi connectivity index (χ0n) is 18.4. The molecule has 1 fully saturated rings. The monoisotopic (exact) mass is 426 g/mol. The second-order valence-electron chi connectivity index (χ2n) is 8.16. The van der Waals surface area contributed by atoms with Gasteiger partial charge in [-0.2, -0.15) is 5.26 Å². The summed E-state index contributed by atoms with van der Waals surface area (Å²) >= 11 is 0. The van der Waals surface area contributed by atoms with Gasteiger partial charge in [-0.1, -0.05) is 12.1 Å². The number of hydrogen-bond donors (Lipinski definition) is 0. The first-order valence-electron chi connectivity index (χ1n) is 10.8. The summed E-state index contributed by atoms with van der Waals surface area (Å²) in [5.74, 6) is 0.694. The molecule has 4 rings (SSSR count). The Morgan fingerprint density at radius 2 is 1.88 bits per heavy atom. The molecular formula is C25H26N6O. The second kappa shape index (κ2) is 9.56. The van der Waals surface area contributed by atoms with Gasteiger partial charge in [-0.15, -0.1) is 0 Å². The number of hydrogen-bond acceptors (Lipinski definition) is 6. The molecule has 3 aromatic rings. The molecule has 0 atom stereocenters. The summed E-state index contributed by atoms with van der Waals surface area (Å²) in [6, 6.07) is 15.0. The van der Waals surface area contributed by atoms with Gasteiger partial charge in [0.25, 0.3) is 5.91 Å². The van der Waals surface area contributed by atoms with Crippen LogP contribution in [0.1, 0.15) is 45.7 Å². The van der Waals surface area contributed by atoms with Crippen molar-refractivity contribution in [3.05, 3.63) is 82.9 Å². The Morgan fingerprint density at radius 3 is 2.53 bits per heavy atom. The predicted octanol–water partition coefficient (Wildman–Crippen LogP) is 3.67. The van der Waals surface area contributed by atoms with Crippen LogP contribution < -0.4 is 4.90 Å². The van der Waals surface area contributed by atoms with E-state index >= 15 is 0 Å². The molecule has 7 heteroatoms. The van der Waals surface area contributed by atoms with Crippen LogP contribution in [-0.4, -0.2) is 44.9 Å². The lowest BCUT2D eigenvalue weighted by molar-refractivity contribution is 0.0630. The lowest BCUT2D eigenvalue weighted by Crippen LogP contribution is -2.47. The fourth-order valence-corrected chi connectivity index (χ4v) is 4.17. The van der Waals surface area contributed by atoms with Gasteiger partial charge < -0.3 is 9.80 Å². The highest BCUT2D eigenvalue weighted by Gasteiger charge is 2.30. The molecular weight excluding hydrogens is 400 g/mol. The van der Waals surface area contributed by atoms with Gasteiger partial charge in [0.2, 0.25) is 5.95 Å². The van der Waals surface area contributed by atoms with Gasteiger partial charge in [-0.3, -0.25) is 9.78 Å². The molecule has 0 N–H and O–H groups in total. The average molecular weight is 427 g/mol. The molecule has 0 spiro atoms. The molecule has 0 bridgehead atoms. The lowest BCUT2D eigenvalue weighted by Gasteiger charge is -2.38. The summed E-state index contributed by atoms with van der Waals surface area (Å²) in [4.78, 5) is 31.0. The second-order valence-corrected chi connectivity index (χ2v) is 8.16. The summed E-state index contributed by atoms with van der Waals surface area (Å²) in [5, 5.41) is 9.24. The van der Waals surface area contributed by atoms with Crippen molar-refractivity contribution in [2.75, 3.05) is 18.0 Å². The maximum absolute atomic E-state index is 13.5. The molecule has 2 aromatic heterocycles. The van der Waals surface area contributed by atoms with Crippen LogP contribution >= 0.6 is 0 Å². The van der Waals surface area contributed by atoms with Crippen molar-refractivity contribution in [3.63, 3.8) is 0 Å². The summed E-state index contributed by atoms with van der Waals surface area (Å²) in [6.45, 7) is 6.00. The van der Waals surface area contributed by atoms with E-state index < -0.39 is 0 Å². The molecule has 1 aromatic carbocycles. The third kappa shape index (κ3) is 4.92. The van der Waals surface area contributed by atoms with E-state index in [1.54, 1.807) is 36.7 Å². The number of nitrogens with zero attached hydrogens (tertiary/aromatic N) is 6. The standard InChI is InChI=1S/C25H26N6O/c1-18-13-19(2)29-25(28-18)30-11-8-23(9-12-30)31(17-21-6-4-10-27-16-21)24(32)22-7-3-5-20(14-22)15-26/h3-7,10,13-14,16,23H,8-9,11-12,17H2,1-2H3. The number of aromatic nitrogens is 3. The van der Waals surface area contributed by atoms with Crippen molar-refractivity contribution in [2.45, 2.75) is 39.3 Å². The van der Waals surface area contributed by atoms with Crippen LogP contribution in [0.15, 0.2) is 54.9 Å². The Morgan fingerprint density at radius 1 is 1.12 bits per heavy atom. The minimum atomic E-state index is -0.0629. The highest BCUT2D eigenvalue weighted by Crippen LogP contribution is 2.24. The first kappa shape index (κ1) is 21.4. The Bertz CT molecular complexity index is 1110. The normalized spacial score (nSPS) is 14.1. The number of amides is 1. The van der Waals surface area contributed by atoms with Crippen molar-refractivity contribution in [3.8, 4) is 6.07 Å². The number of nitriles is 1. The number of aryl methyl sites for hydroxylation is 2. The summed E-state index contributed by atoms with van der Waals surface area (Å²) < 4.78 is 0. The van der Waals surface area contributed by atoms with Crippen molar-refractivity contribution in [1.82, 2.24) is 19.9 Å². The third-order valence-corrected chi connectivity index (χ3v) is 5.73. The molecule has 1 amide bonds. The molecule has 1 aliphatic heterocycles. The third-order valence-electron chi connectivity index (χ3n) is 5.73. The molecule has 32 heavy (non-hydrogen) atoms. The van der Waals surface area contributed by atoms with Gasteiger partial charge in [-0.25, -0.2) is 9.97 Å². The molecule has 162 valence electrons. The minimum absolute atomic E-state index is 0.0629. The zero-order chi connectivity index (χ0) is 22.5. The van der Waals surface area contributed by atoms with Crippen molar-refractivity contribution >= 4 is 11.9 Å².